The summed E-state index contributed by atoms with van der Waals surface area (Å²) in [5, 5.41) is 3.44. The van der Waals surface area contributed by atoms with E-state index in [1.165, 1.54) is 18.4 Å². The van der Waals surface area contributed by atoms with E-state index in [0.29, 0.717) is 5.92 Å². The number of hydrogen-bond donors (Lipinski definition) is 1. The first-order valence-electron chi connectivity index (χ1n) is 5.35. The summed E-state index contributed by atoms with van der Waals surface area (Å²) in [4.78, 5) is 0. The molecule has 1 heterocycles. The highest BCUT2D eigenvalue weighted by Crippen LogP contribution is 2.32. The minimum absolute atomic E-state index is 0.638. The van der Waals surface area contributed by atoms with Crippen molar-refractivity contribution in [3.63, 3.8) is 0 Å². The molecule has 1 N–H and O–H groups in total. The Labute approximate surface area is 99.1 Å². The molecule has 1 aliphatic heterocycles. The van der Waals surface area contributed by atoms with Crippen molar-refractivity contribution >= 4 is 15.9 Å². The lowest BCUT2D eigenvalue weighted by atomic mass is 9.92. The van der Waals surface area contributed by atoms with Crippen molar-refractivity contribution in [2.45, 2.75) is 18.8 Å². The Balaban J connectivity index is 2.19. The summed E-state index contributed by atoms with van der Waals surface area (Å²) in [7, 11) is 1.70. The first kappa shape index (κ1) is 11.0. The molecule has 2 rings (SSSR count). The molecule has 82 valence electrons. The van der Waals surface area contributed by atoms with E-state index in [2.05, 4.69) is 27.3 Å². The molecule has 1 aliphatic rings. The van der Waals surface area contributed by atoms with E-state index >= 15 is 0 Å². The van der Waals surface area contributed by atoms with Crippen molar-refractivity contribution in [1.82, 2.24) is 5.32 Å². The fourth-order valence-corrected chi connectivity index (χ4v) is 2.76. The normalized spacial score (nSPS) is 21.3. The van der Waals surface area contributed by atoms with E-state index in [0.717, 1.165) is 23.3 Å². The standard InChI is InChI=1S/C12H16BrNO/c1-15-10-4-5-11(12(13)7-10)9-3-2-6-14-8-9/h4-5,7,9,14H,2-3,6,8H2,1H3/t9-/m0/s1. The number of nitrogens with one attached hydrogen (secondary N) is 1. The summed E-state index contributed by atoms with van der Waals surface area (Å²) in [5.74, 6) is 1.55. The van der Waals surface area contributed by atoms with Gasteiger partial charge < -0.3 is 10.1 Å². The highest BCUT2D eigenvalue weighted by molar-refractivity contribution is 9.10. The molecule has 0 spiro atoms. The zero-order valence-corrected chi connectivity index (χ0v) is 10.5. The largest absolute Gasteiger partial charge is 0.497 e. The van der Waals surface area contributed by atoms with Crippen LogP contribution in [0.3, 0.4) is 0 Å². The van der Waals surface area contributed by atoms with Gasteiger partial charge in [-0.3, -0.25) is 0 Å². The monoisotopic (exact) mass is 269 g/mol. The van der Waals surface area contributed by atoms with Gasteiger partial charge in [-0.2, -0.15) is 0 Å². The second kappa shape index (κ2) is 4.99. The van der Waals surface area contributed by atoms with Crippen LogP contribution in [0.15, 0.2) is 22.7 Å². The van der Waals surface area contributed by atoms with Gasteiger partial charge in [-0.05, 0) is 43.0 Å². The third-order valence-corrected chi connectivity index (χ3v) is 3.63. The van der Waals surface area contributed by atoms with Crippen molar-refractivity contribution < 1.29 is 4.74 Å². The smallest absolute Gasteiger partial charge is 0.120 e. The maximum Gasteiger partial charge on any atom is 0.120 e. The Kier molecular flexibility index (Phi) is 3.65. The highest BCUT2D eigenvalue weighted by Gasteiger charge is 2.17. The summed E-state index contributed by atoms with van der Waals surface area (Å²) in [6.45, 7) is 2.25. The van der Waals surface area contributed by atoms with Crippen LogP contribution in [-0.4, -0.2) is 20.2 Å². The van der Waals surface area contributed by atoms with Crippen LogP contribution >= 0.6 is 15.9 Å². The molecule has 1 aromatic rings. The van der Waals surface area contributed by atoms with Crippen LogP contribution in [0, 0.1) is 0 Å². The summed E-state index contributed by atoms with van der Waals surface area (Å²) in [6, 6.07) is 6.25. The van der Waals surface area contributed by atoms with Gasteiger partial charge in [-0.15, -0.1) is 0 Å². The zero-order chi connectivity index (χ0) is 10.7. The van der Waals surface area contributed by atoms with Gasteiger partial charge in [0.1, 0.15) is 5.75 Å². The quantitative estimate of drug-likeness (QED) is 0.892. The molecule has 1 fully saturated rings. The van der Waals surface area contributed by atoms with Gasteiger partial charge in [0.15, 0.2) is 0 Å². The number of piperidine rings is 1. The predicted octanol–water partition coefficient (Wildman–Crippen LogP) is 2.92. The molecule has 1 saturated heterocycles. The van der Waals surface area contributed by atoms with E-state index in [1.54, 1.807) is 7.11 Å². The van der Waals surface area contributed by atoms with E-state index in [-0.39, 0.29) is 0 Å². The van der Waals surface area contributed by atoms with Crippen LogP contribution < -0.4 is 10.1 Å². The van der Waals surface area contributed by atoms with Gasteiger partial charge >= 0.3 is 0 Å². The van der Waals surface area contributed by atoms with E-state index < -0.39 is 0 Å². The molecular weight excluding hydrogens is 254 g/mol. The van der Waals surface area contributed by atoms with Crippen LogP contribution in [0.4, 0.5) is 0 Å². The maximum atomic E-state index is 5.19. The summed E-state index contributed by atoms with van der Waals surface area (Å²) < 4.78 is 6.35. The molecule has 1 aromatic carbocycles. The SMILES string of the molecule is COc1ccc([C@H]2CCCNC2)c(Br)c1. The average Bonchev–Trinajstić information content (AvgIpc) is 2.30. The minimum atomic E-state index is 0.638. The summed E-state index contributed by atoms with van der Waals surface area (Å²) >= 11 is 3.62. The summed E-state index contributed by atoms with van der Waals surface area (Å²) in [5.41, 5.74) is 1.39. The molecule has 0 unspecified atom stereocenters. The number of methoxy groups -OCH3 is 1. The molecule has 0 aromatic heterocycles. The molecule has 3 heteroatoms. The molecule has 2 nitrogen and oxygen atoms in total. The second-order valence-electron chi connectivity index (χ2n) is 3.93. The topological polar surface area (TPSA) is 21.3 Å². The van der Waals surface area contributed by atoms with Crippen LogP contribution in [0.2, 0.25) is 0 Å². The molecule has 0 amide bonds. The van der Waals surface area contributed by atoms with Crippen molar-refractivity contribution in [1.29, 1.82) is 0 Å². The Hall–Kier alpha value is -0.540. The number of ether oxygens (including phenoxy) is 1. The van der Waals surface area contributed by atoms with Crippen molar-refractivity contribution in [3.05, 3.63) is 28.2 Å². The first-order chi connectivity index (χ1) is 7.31. The van der Waals surface area contributed by atoms with Gasteiger partial charge in [0.25, 0.3) is 0 Å². The first-order valence-corrected chi connectivity index (χ1v) is 6.14. The van der Waals surface area contributed by atoms with Gasteiger partial charge in [-0.1, -0.05) is 22.0 Å². The Bertz CT molecular complexity index is 334. The molecule has 0 aliphatic carbocycles. The third kappa shape index (κ3) is 2.52. The molecule has 15 heavy (non-hydrogen) atoms. The minimum Gasteiger partial charge on any atom is -0.497 e. The molecular formula is C12H16BrNO. The van der Waals surface area contributed by atoms with Gasteiger partial charge in [0.2, 0.25) is 0 Å². The van der Waals surface area contributed by atoms with Gasteiger partial charge in [0.05, 0.1) is 7.11 Å². The van der Waals surface area contributed by atoms with Crippen LogP contribution in [0.25, 0.3) is 0 Å². The van der Waals surface area contributed by atoms with Gasteiger partial charge in [0, 0.05) is 11.0 Å². The van der Waals surface area contributed by atoms with Crippen LogP contribution in [0.5, 0.6) is 5.75 Å². The van der Waals surface area contributed by atoms with Gasteiger partial charge in [-0.25, -0.2) is 0 Å². The molecule has 0 bridgehead atoms. The van der Waals surface area contributed by atoms with E-state index in [9.17, 15) is 0 Å². The lowest BCUT2D eigenvalue weighted by Gasteiger charge is -2.24. The predicted molar refractivity (Wildman–Crippen MR) is 65.5 cm³/mol. The number of rotatable bonds is 2. The van der Waals surface area contributed by atoms with Crippen LogP contribution in [-0.2, 0) is 0 Å². The fourth-order valence-electron chi connectivity index (χ4n) is 2.08. The average molecular weight is 270 g/mol. The lowest BCUT2D eigenvalue weighted by Crippen LogP contribution is -2.28. The Morgan fingerprint density at radius 2 is 2.33 bits per heavy atom. The van der Waals surface area contributed by atoms with Crippen molar-refractivity contribution in [3.8, 4) is 5.75 Å². The molecule has 0 saturated carbocycles. The molecule has 1 atom stereocenters. The number of halogens is 1. The van der Waals surface area contributed by atoms with Crippen molar-refractivity contribution in [2.24, 2.45) is 0 Å². The third-order valence-electron chi connectivity index (χ3n) is 2.94. The van der Waals surface area contributed by atoms with E-state index in [1.807, 2.05) is 12.1 Å². The Morgan fingerprint density at radius 1 is 1.47 bits per heavy atom. The second-order valence-corrected chi connectivity index (χ2v) is 4.79. The van der Waals surface area contributed by atoms with Crippen LogP contribution in [0.1, 0.15) is 24.3 Å². The zero-order valence-electron chi connectivity index (χ0n) is 8.92. The fraction of sp³-hybridized carbons (Fsp3) is 0.500. The number of hydrogen-bond acceptors (Lipinski definition) is 2. The Morgan fingerprint density at radius 3 is 2.93 bits per heavy atom. The maximum absolute atomic E-state index is 5.19. The summed E-state index contributed by atoms with van der Waals surface area (Å²) in [6.07, 6.45) is 2.54. The van der Waals surface area contributed by atoms with Crippen molar-refractivity contribution in [2.75, 3.05) is 20.2 Å². The molecule has 0 radical (unpaired) electrons. The van der Waals surface area contributed by atoms with E-state index in [4.69, 9.17) is 4.74 Å². The highest BCUT2D eigenvalue weighted by atomic mass is 79.9. The number of benzene rings is 1. The lowest BCUT2D eigenvalue weighted by molar-refractivity contribution is 0.413.